The number of nitrogens with two attached hydrogens (primary N) is 1. The molecule has 3 aromatic heterocycles. The Balaban J connectivity index is 1.14. The molecule has 12 nitrogen and oxygen atoms in total. The lowest BCUT2D eigenvalue weighted by Crippen LogP contribution is -2.72. The largest absolute Gasteiger partial charge is 0.461 e. The number of hydrogen-bond donors (Lipinski definition) is 1. The lowest BCUT2D eigenvalue weighted by Gasteiger charge is -2.60. The zero-order valence-corrected chi connectivity index (χ0v) is 31.4. The average molecular weight is 803 g/mol. The molecule has 1 aromatic carbocycles. The number of alkyl halides is 4. The first-order chi connectivity index (χ1) is 27.0. The van der Waals surface area contributed by atoms with Gasteiger partial charge in [-0.15, -0.1) is 5.10 Å². The van der Waals surface area contributed by atoms with Crippen molar-refractivity contribution in [3.8, 4) is 17.3 Å². The number of anilines is 2. The van der Waals surface area contributed by atoms with Crippen LogP contribution in [0.15, 0.2) is 18.6 Å². The van der Waals surface area contributed by atoms with E-state index in [2.05, 4.69) is 27.0 Å². The Kier molecular flexibility index (Phi) is 8.68. The third kappa shape index (κ3) is 6.13. The fraction of sp³-hybridized carbons (Fsp3) is 0.579. The molecule has 304 valence electrons. The second-order valence-corrected chi connectivity index (χ2v) is 16.9. The number of benzene rings is 1. The summed E-state index contributed by atoms with van der Waals surface area (Å²) in [4.78, 5) is 36.2. The topological polar surface area (TPSA) is 131 Å². The Morgan fingerprint density at radius 3 is 2.53 bits per heavy atom. The van der Waals surface area contributed by atoms with Gasteiger partial charge in [-0.05, 0) is 69.0 Å². The maximum absolute atomic E-state index is 17.0. The zero-order valence-electron chi connectivity index (χ0n) is 31.4. The molecule has 1 spiro atoms. The number of pyridine rings is 1. The fourth-order valence-electron chi connectivity index (χ4n) is 10.4. The maximum atomic E-state index is 17.0. The molecule has 1 aliphatic carbocycles. The van der Waals surface area contributed by atoms with Gasteiger partial charge in [0.05, 0.1) is 22.2 Å². The van der Waals surface area contributed by atoms with Crippen LogP contribution >= 0.6 is 0 Å². The van der Waals surface area contributed by atoms with Gasteiger partial charge in [0.2, 0.25) is 0 Å². The van der Waals surface area contributed by atoms with Crippen molar-refractivity contribution in [1.29, 1.82) is 0 Å². The second-order valence-electron chi connectivity index (χ2n) is 16.9. The number of fused-ring (bicyclic) bond motifs is 2. The first kappa shape index (κ1) is 37.7. The van der Waals surface area contributed by atoms with Gasteiger partial charge >= 0.3 is 24.3 Å². The summed E-state index contributed by atoms with van der Waals surface area (Å²) in [6.07, 6.45) is 0.829. The highest BCUT2D eigenvalue weighted by Crippen LogP contribution is 2.62. The summed E-state index contributed by atoms with van der Waals surface area (Å²) in [5.74, 6) is -2.25. The van der Waals surface area contributed by atoms with E-state index in [1.165, 1.54) is 6.20 Å². The smallest absolute Gasteiger partial charge is 0.417 e. The van der Waals surface area contributed by atoms with Gasteiger partial charge in [-0.25, -0.2) is 18.0 Å². The fourth-order valence-corrected chi connectivity index (χ4v) is 10.4. The van der Waals surface area contributed by atoms with E-state index >= 15 is 4.39 Å². The van der Waals surface area contributed by atoms with E-state index in [1.807, 2.05) is 9.80 Å². The van der Waals surface area contributed by atoms with Gasteiger partial charge in [-0.1, -0.05) is 13.3 Å². The van der Waals surface area contributed by atoms with Gasteiger partial charge < -0.3 is 20.3 Å². The van der Waals surface area contributed by atoms with Crippen molar-refractivity contribution >= 4 is 28.4 Å². The summed E-state index contributed by atoms with van der Waals surface area (Å²) in [5.41, 5.74) is -0.199. The number of nitrogens with zero attached hydrogens (tertiary/aromatic N) is 9. The molecular weight excluding hydrogens is 761 g/mol. The number of rotatable bonds is 6. The van der Waals surface area contributed by atoms with Crippen LogP contribution < -0.4 is 15.4 Å². The summed E-state index contributed by atoms with van der Waals surface area (Å²) in [5, 5.41) is 3.70. The highest BCUT2D eigenvalue weighted by Gasteiger charge is 2.65. The van der Waals surface area contributed by atoms with Gasteiger partial charge in [0.25, 0.3) is 0 Å². The number of ether oxygens (including phenoxy) is 1. The van der Waals surface area contributed by atoms with E-state index < -0.39 is 75.1 Å². The van der Waals surface area contributed by atoms with Crippen LogP contribution in [0, 0.1) is 35.5 Å². The van der Waals surface area contributed by atoms with Crippen molar-refractivity contribution in [3.63, 3.8) is 0 Å². The Morgan fingerprint density at radius 2 is 1.81 bits per heavy atom. The minimum absolute atomic E-state index is 0.00809. The van der Waals surface area contributed by atoms with Crippen molar-refractivity contribution in [2.45, 2.75) is 89.1 Å². The summed E-state index contributed by atoms with van der Waals surface area (Å²) >= 11 is 0. The molecule has 4 atom stereocenters. The minimum atomic E-state index is -5.08. The van der Waals surface area contributed by atoms with Crippen LogP contribution in [0.2, 0.25) is 0 Å². The van der Waals surface area contributed by atoms with E-state index in [0.717, 1.165) is 56.1 Å². The molecule has 7 heterocycles. The standard InChI is InChI=1S/C38H41F7N10O2/c1-20-25(38(43,44)45)22(12-24(46)26(20)40)28-27(41)29-23(14-47-28)30(50-33(49-29)57-18-37-7-5-11-53(37)15-21(39)13-37)52-10-4-3-6-36(16-52)17-54(31(36)35(2)8-9-35)34(56)55-19-48-32(42)51-55/h12,14,19,21,31H,3-11,13,15-18,46H2,1-2H3/t21-,31-,36-,37+/m1/s1. The quantitative estimate of drug-likeness (QED) is 0.166. The maximum Gasteiger partial charge on any atom is 0.417 e. The number of likely N-dealkylation sites (tertiary alicyclic amines) is 1. The van der Waals surface area contributed by atoms with Crippen molar-refractivity contribution in [2.24, 2.45) is 10.8 Å². The third-order valence-electron chi connectivity index (χ3n) is 13.1. The number of nitrogen functional groups attached to an aromatic ring is 1. The number of hydrogen-bond acceptors (Lipinski definition) is 10. The van der Waals surface area contributed by atoms with Crippen LogP contribution in [0.4, 0.5) is 47.0 Å². The molecular formula is C38H41F7N10O2. The van der Waals surface area contributed by atoms with Crippen LogP contribution in [-0.2, 0) is 6.18 Å². The zero-order chi connectivity index (χ0) is 40.2. The number of carbonyl (C=O) groups excluding carboxylic acids is 1. The molecule has 1 amide bonds. The lowest BCUT2D eigenvalue weighted by atomic mass is 9.63. The Morgan fingerprint density at radius 1 is 1.02 bits per heavy atom. The second kappa shape index (κ2) is 13.1. The number of halogens is 7. The molecule has 4 saturated heterocycles. The number of carbonyl (C=O) groups is 1. The van der Waals surface area contributed by atoms with Gasteiger partial charge in [0.15, 0.2) is 5.82 Å². The average Bonchev–Trinajstić information content (AvgIpc) is 3.43. The van der Waals surface area contributed by atoms with E-state index in [-0.39, 0.29) is 53.8 Å². The Bertz CT molecular complexity index is 2280. The predicted octanol–water partition coefficient (Wildman–Crippen LogP) is 6.69. The van der Waals surface area contributed by atoms with Gasteiger partial charge in [0.1, 0.15) is 42.0 Å². The highest BCUT2D eigenvalue weighted by molar-refractivity contribution is 5.92. The molecule has 0 bridgehead atoms. The highest BCUT2D eigenvalue weighted by atomic mass is 19.4. The van der Waals surface area contributed by atoms with E-state index in [1.54, 1.807) is 4.90 Å². The van der Waals surface area contributed by atoms with Crippen LogP contribution in [0.25, 0.3) is 22.2 Å². The SMILES string of the molecule is Cc1c(F)c(N)cc(-c2ncc3c(N4CCCC[C@@]5(C4)CN(C(=O)n4cnc(F)n4)[C@@H]5C4(C)CC4)nc(OC[C@@]45CCCN4C[C@H](F)C5)nc3c2F)c1C(F)(F)F. The van der Waals surface area contributed by atoms with E-state index in [9.17, 15) is 31.1 Å². The van der Waals surface area contributed by atoms with Crippen molar-refractivity contribution < 1.29 is 40.3 Å². The molecule has 4 aliphatic heterocycles. The summed E-state index contributed by atoms with van der Waals surface area (Å²) in [7, 11) is 0. The van der Waals surface area contributed by atoms with Gasteiger partial charge in [-0.3, -0.25) is 9.88 Å². The van der Waals surface area contributed by atoms with Crippen molar-refractivity contribution in [3.05, 3.63) is 47.4 Å². The van der Waals surface area contributed by atoms with Crippen LogP contribution in [0.5, 0.6) is 6.01 Å². The van der Waals surface area contributed by atoms with E-state index in [0.29, 0.717) is 39.0 Å². The minimum Gasteiger partial charge on any atom is -0.461 e. The summed E-state index contributed by atoms with van der Waals surface area (Å²) in [6, 6.07) is -0.277. The predicted molar refractivity (Wildman–Crippen MR) is 192 cm³/mol. The third-order valence-corrected chi connectivity index (χ3v) is 13.1. The van der Waals surface area contributed by atoms with Crippen LogP contribution in [0.3, 0.4) is 0 Å². The Labute approximate surface area is 322 Å². The Hall–Kier alpha value is -4.81. The lowest BCUT2D eigenvalue weighted by molar-refractivity contribution is -0.137. The van der Waals surface area contributed by atoms with Gasteiger partial charge in [-0.2, -0.15) is 37.2 Å². The van der Waals surface area contributed by atoms with Crippen molar-refractivity contribution in [2.75, 3.05) is 50.0 Å². The number of amides is 1. The molecule has 19 heteroatoms. The normalized spacial score (nSPS) is 27.2. The molecule has 9 rings (SSSR count). The molecule has 2 N–H and O–H groups in total. The van der Waals surface area contributed by atoms with Gasteiger partial charge in [0, 0.05) is 55.8 Å². The molecule has 0 radical (unpaired) electrons. The summed E-state index contributed by atoms with van der Waals surface area (Å²) in [6.45, 7) is 5.14. The first-order valence-corrected chi connectivity index (χ1v) is 19.2. The number of aromatic nitrogens is 6. The van der Waals surface area contributed by atoms with Crippen LogP contribution in [0.1, 0.15) is 69.4 Å². The summed E-state index contributed by atoms with van der Waals surface area (Å²) < 4.78 is 111. The monoisotopic (exact) mass is 802 g/mol. The van der Waals surface area contributed by atoms with Crippen molar-refractivity contribution in [1.82, 2.24) is 39.5 Å². The molecule has 57 heavy (non-hydrogen) atoms. The van der Waals surface area contributed by atoms with E-state index in [4.69, 9.17) is 15.5 Å². The molecule has 0 unspecified atom stereocenters. The first-order valence-electron chi connectivity index (χ1n) is 19.2. The molecule has 1 saturated carbocycles. The molecule has 5 fully saturated rings. The molecule has 4 aromatic rings. The van der Waals surface area contributed by atoms with Crippen LogP contribution in [-0.4, -0.2) is 103 Å². The molecule has 5 aliphatic rings.